The first-order valence-electron chi connectivity index (χ1n) is 9.19. The topological polar surface area (TPSA) is 75.6 Å². The second-order valence-corrected chi connectivity index (χ2v) is 7.48. The third-order valence-electron chi connectivity index (χ3n) is 4.89. The summed E-state index contributed by atoms with van der Waals surface area (Å²) in [5, 5.41) is 12.2. The summed E-state index contributed by atoms with van der Waals surface area (Å²) in [6.45, 7) is 6.20. The Morgan fingerprint density at radius 1 is 1.15 bits per heavy atom. The van der Waals surface area contributed by atoms with Crippen molar-refractivity contribution >= 4 is 17.6 Å². The third-order valence-corrected chi connectivity index (χ3v) is 4.89. The highest BCUT2D eigenvalue weighted by Gasteiger charge is 2.45. The van der Waals surface area contributed by atoms with Gasteiger partial charge < -0.3 is 15.2 Å². The highest BCUT2D eigenvalue weighted by molar-refractivity contribution is 5.97. The molecule has 3 rings (SSSR count). The molecular weight excluding hydrogens is 342 g/mol. The summed E-state index contributed by atoms with van der Waals surface area (Å²) in [5.41, 5.74) is 2.61. The van der Waals surface area contributed by atoms with Gasteiger partial charge in [-0.25, -0.2) is 0 Å². The van der Waals surface area contributed by atoms with Gasteiger partial charge in [-0.2, -0.15) is 0 Å². The normalized spacial score (nSPS) is 22.1. The minimum absolute atomic E-state index is 0.261. The van der Waals surface area contributed by atoms with Gasteiger partial charge in [-0.15, -0.1) is 0 Å². The summed E-state index contributed by atoms with van der Waals surface area (Å²) in [6, 6.07) is 15.5. The Hall–Kier alpha value is -2.66. The number of amides is 1. The maximum atomic E-state index is 12.7. The van der Waals surface area contributed by atoms with Crippen LogP contribution in [0.3, 0.4) is 0 Å². The van der Waals surface area contributed by atoms with E-state index in [2.05, 4.69) is 19.2 Å². The number of anilines is 1. The fraction of sp³-hybridized carbons (Fsp3) is 0.364. The van der Waals surface area contributed by atoms with E-state index in [1.807, 2.05) is 55.5 Å². The molecule has 5 heteroatoms. The molecule has 0 aliphatic carbocycles. The van der Waals surface area contributed by atoms with E-state index in [-0.39, 0.29) is 12.3 Å². The first-order chi connectivity index (χ1) is 12.8. The Balaban J connectivity index is 2.28. The number of carbonyl (C=O) groups is 2. The van der Waals surface area contributed by atoms with Crippen molar-refractivity contribution in [1.29, 1.82) is 0 Å². The number of ether oxygens (including phenoxy) is 1. The van der Waals surface area contributed by atoms with Crippen molar-refractivity contribution in [1.82, 2.24) is 0 Å². The van der Waals surface area contributed by atoms with E-state index in [1.54, 1.807) is 0 Å². The average molecular weight is 367 g/mol. The molecule has 0 spiro atoms. The Labute approximate surface area is 159 Å². The molecule has 2 N–H and O–H groups in total. The molecule has 1 heterocycles. The van der Waals surface area contributed by atoms with Crippen LogP contribution >= 0.6 is 0 Å². The third kappa shape index (κ3) is 3.74. The average Bonchev–Trinajstić information content (AvgIpc) is 2.70. The van der Waals surface area contributed by atoms with Crippen molar-refractivity contribution in [2.45, 2.75) is 45.3 Å². The first-order valence-corrected chi connectivity index (χ1v) is 9.19. The fourth-order valence-electron chi connectivity index (χ4n) is 3.89. The number of rotatable bonds is 5. The number of para-hydroxylation sites is 1. The number of carboxylic acids is 1. The van der Waals surface area contributed by atoms with Crippen LogP contribution in [-0.4, -0.2) is 23.1 Å². The van der Waals surface area contributed by atoms with E-state index in [0.29, 0.717) is 12.1 Å². The number of carbonyl (C=O) groups excluding carboxylic acids is 1. The lowest BCUT2D eigenvalue weighted by Gasteiger charge is -2.38. The van der Waals surface area contributed by atoms with Crippen molar-refractivity contribution in [2.75, 3.05) is 5.32 Å². The smallest absolute Gasteiger partial charge is 0.306 e. The van der Waals surface area contributed by atoms with Gasteiger partial charge in [0.15, 0.2) is 0 Å². The van der Waals surface area contributed by atoms with Crippen molar-refractivity contribution < 1.29 is 19.4 Å². The van der Waals surface area contributed by atoms with Gasteiger partial charge in [0, 0.05) is 11.3 Å². The highest BCUT2D eigenvalue weighted by atomic mass is 16.5. The second-order valence-electron chi connectivity index (χ2n) is 7.48. The molecule has 1 amide bonds. The molecule has 27 heavy (non-hydrogen) atoms. The van der Waals surface area contributed by atoms with Crippen molar-refractivity contribution in [3.05, 3.63) is 65.2 Å². The molecule has 2 atom stereocenters. The Morgan fingerprint density at radius 3 is 2.41 bits per heavy atom. The SMILES string of the molecule is Cc1ccccc1C1(CC(C)C)OC(CC(=O)O)C(=O)Nc2ccccc21. The molecule has 2 aromatic carbocycles. The van der Waals surface area contributed by atoms with Gasteiger partial charge in [-0.3, -0.25) is 9.59 Å². The summed E-state index contributed by atoms with van der Waals surface area (Å²) >= 11 is 0. The predicted molar refractivity (Wildman–Crippen MR) is 104 cm³/mol. The number of aryl methyl sites for hydroxylation is 1. The monoisotopic (exact) mass is 367 g/mol. The van der Waals surface area contributed by atoms with Crippen LogP contribution in [-0.2, 0) is 19.9 Å². The molecule has 1 aliphatic rings. The van der Waals surface area contributed by atoms with Gasteiger partial charge in [0.05, 0.1) is 6.42 Å². The first kappa shape index (κ1) is 19.1. The summed E-state index contributed by atoms with van der Waals surface area (Å²) < 4.78 is 6.43. The molecule has 2 unspecified atom stereocenters. The predicted octanol–water partition coefficient (Wildman–Crippen LogP) is 4.10. The molecule has 2 aromatic rings. The fourth-order valence-corrected chi connectivity index (χ4v) is 3.89. The Bertz CT molecular complexity index is 861. The molecule has 1 aliphatic heterocycles. The van der Waals surface area contributed by atoms with Crippen LogP contribution in [0.5, 0.6) is 0 Å². The molecule has 0 bridgehead atoms. The van der Waals surface area contributed by atoms with Crippen molar-refractivity contribution in [3.8, 4) is 0 Å². The lowest BCUT2D eigenvalue weighted by molar-refractivity contribution is -0.153. The number of nitrogens with one attached hydrogen (secondary N) is 1. The van der Waals surface area contributed by atoms with E-state index in [1.165, 1.54) is 0 Å². The van der Waals surface area contributed by atoms with Crippen LogP contribution in [0, 0.1) is 12.8 Å². The highest BCUT2D eigenvalue weighted by Crippen LogP contribution is 2.46. The molecule has 5 nitrogen and oxygen atoms in total. The molecule has 142 valence electrons. The van der Waals surface area contributed by atoms with Gasteiger partial charge in [-0.1, -0.05) is 56.3 Å². The summed E-state index contributed by atoms with van der Waals surface area (Å²) in [7, 11) is 0. The van der Waals surface area contributed by atoms with Gasteiger partial charge in [0.2, 0.25) is 0 Å². The maximum Gasteiger partial charge on any atom is 0.306 e. The standard InChI is InChI=1S/C22H25NO4/c1-14(2)13-22(16-9-5-4-8-15(16)3)17-10-6-7-11-18(17)23-21(26)19(27-22)12-20(24)25/h4-11,14,19H,12-13H2,1-3H3,(H,23,26)(H,24,25). The van der Waals surface area contributed by atoms with Crippen LogP contribution in [0.1, 0.15) is 43.4 Å². The Morgan fingerprint density at radius 2 is 1.78 bits per heavy atom. The summed E-state index contributed by atoms with van der Waals surface area (Å²) in [6.07, 6.45) is -0.834. The van der Waals surface area contributed by atoms with Crippen LogP contribution in [0.2, 0.25) is 0 Å². The van der Waals surface area contributed by atoms with E-state index in [9.17, 15) is 14.7 Å². The molecule has 0 fully saturated rings. The summed E-state index contributed by atoms with van der Waals surface area (Å²) in [4.78, 5) is 24.1. The zero-order valence-corrected chi connectivity index (χ0v) is 15.9. The minimum atomic E-state index is -1.08. The maximum absolute atomic E-state index is 12.7. The Kier molecular flexibility index (Phi) is 5.33. The van der Waals surface area contributed by atoms with Crippen LogP contribution in [0.4, 0.5) is 5.69 Å². The summed E-state index contributed by atoms with van der Waals surface area (Å²) in [5.74, 6) is -1.23. The molecule has 0 saturated carbocycles. The van der Waals surface area contributed by atoms with Crippen LogP contribution in [0.15, 0.2) is 48.5 Å². The number of hydrogen-bond donors (Lipinski definition) is 2. The van der Waals surface area contributed by atoms with Gasteiger partial charge in [0.25, 0.3) is 5.91 Å². The zero-order chi connectivity index (χ0) is 19.6. The molecular formula is C22H25NO4. The minimum Gasteiger partial charge on any atom is -0.481 e. The van der Waals surface area contributed by atoms with Gasteiger partial charge in [0.1, 0.15) is 11.7 Å². The number of aliphatic carboxylic acids is 1. The van der Waals surface area contributed by atoms with E-state index in [4.69, 9.17) is 4.74 Å². The number of hydrogen-bond acceptors (Lipinski definition) is 3. The zero-order valence-electron chi connectivity index (χ0n) is 15.9. The lowest BCUT2D eigenvalue weighted by Crippen LogP contribution is -2.40. The molecule has 0 aromatic heterocycles. The van der Waals surface area contributed by atoms with Gasteiger partial charge in [-0.05, 0) is 36.5 Å². The second kappa shape index (κ2) is 7.53. The van der Waals surface area contributed by atoms with Crippen molar-refractivity contribution in [3.63, 3.8) is 0 Å². The largest absolute Gasteiger partial charge is 0.481 e. The van der Waals surface area contributed by atoms with E-state index in [0.717, 1.165) is 16.7 Å². The molecule has 0 saturated heterocycles. The van der Waals surface area contributed by atoms with E-state index < -0.39 is 23.6 Å². The lowest BCUT2D eigenvalue weighted by atomic mass is 9.77. The number of fused-ring (bicyclic) bond motifs is 1. The molecule has 0 radical (unpaired) electrons. The van der Waals surface area contributed by atoms with Gasteiger partial charge >= 0.3 is 5.97 Å². The van der Waals surface area contributed by atoms with Crippen LogP contribution in [0.25, 0.3) is 0 Å². The number of benzene rings is 2. The van der Waals surface area contributed by atoms with E-state index >= 15 is 0 Å². The quantitative estimate of drug-likeness (QED) is 0.834. The van der Waals surface area contributed by atoms with Crippen LogP contribution < -0.4 is 5.32 Å². The van der Waals surface area contributed by atoms with Crippen molar-refractivity contribution in [2.24, 2.45) is 5.92 Å². The number of carboxylic acid groups (broad SMARTS) is 1.